The largest absolute Gasteiger partial charge is 0.293 e. The summed E-state index contributed by atoms with van der Waals surface area (Å²) in [7, 11) is 0. The predicted octanol–water partition coefficient (Wildman–Crippen LogP) is 2.69. The molecule has 0 aromatic carbocycles. The van der Waals surface area contributed by atoms with Crippen LogP contribution in [-0.4, -0.2) is 10.8 Å². The van der Waals surface area contributed by atoms with Gasteiger partial charge in [0, 0.05) is 18.7 Å². The Labute approximate surface area is 82.0 Å². The third-order valence-electron chi connectivity index (χ3n) is 2.60. The minimum Gasteiger partial charge on any atom is -0.293 e. The van der Waals surface area contributed by atoms with E-state index >= 15 is 0 Å². The van der Waals surface area contributed by atoms with Gasteiger partial charge in [0.05, 0.1) is 5.01 Å². The second kappa shape index (κ2) is 3.58. The van der Waals surface area contributed by atoms with E-state index in [1.165, 1.54) is 19.3 Å². The lowest BCUT2D eigenvalue weighted by Gasteiger charge is -2.23. The van der Waals surface area contributed by atoms with Crippen LogP contribution in [0.5, 0.6) is 0 Å². The van der Waals surface area contributed by atoms with Crippen molar-refractivity contribution in [2.24, 2.45) is 5.92 Å². The highest BCUT2D eigenvalue weighted by atomic mass is 32.1. The van der Waals surface area contributed by atoms with Gasteiger partial charge in [-0.2, -0.15) is 0 Å². The van der Waals surface area contributed by atoms with Crippen LogP contribution in [0, 0.1) is 5.92 Å². The summed E-state index contributed by atoms with van der Waals surface area (Å²) in [5, 5.41) is 3.01. The number of hydrogen-bond donors (Lipinski definition) is 0. The second-order valence-electron chi connectivity index (χ2n) is 3.68. The number of ketones is 1. The molecule has 1 aliphatic rings. The van der Waals surface area contributed by atoms with Gasteiger partial charge in [0.25, 0.3) is 0 Å². The molecule has 1 fully saturated rings. The number of thiazole rings is 1. The molecule has 1 aromatic heterocycles. The molecule has 0 unspecified atom stereocenters. The minimum absolute atomic E-state index is 0.0797. The van der Waals surface area contributed by atoms with Gasteiger partial charge in [-0.05, 0) is 5.92 Å². The van der Waals surface area contributed by atoms with Crippen molar-refractivity contribution in [3.8, 4) is 0 Å². The van der Waals surface area contributed by atoms with Gasteiger partial charge in [0.15, 0.2) is 5.78 Å². The first-order valence-electron chi connectivity index (χ1n) is 4.71. The molecule has 0 radical (unpaired) electrons. The first kappa shape index (κ1) is 8.88. The van der Waals surface area contributed by atoms with E-state index < -0.39 is 0 Å². The lowest BCUT2D eigenvalue weighted by atomic mass is 9.83. The van der Waals surface area contributed by atoms with Crippen molar-refractivity contribution in [3.05, 3.63) is 16.1 Å². The van der Waals surface area contributed by atoms with Crippen LogP contribution < -0.4 is 0 Å². The second-order valence-corrected chi connectivity index (χ2v) is 4.63. The summed E-state index contributed by atoms with van der Waals surface area (Å²) >= 11 is 1.62. The topological polar surface area (TPSA) is 30.0 Å². The third kappa shape index (κ3) is 1.97. The summed E-state index contributed by atoms with van der Waals surface area (Å²) in [4.78, 5) is 15.3. The molecule has 0 spiro atoms. The molecule has 0 bridgehead atoms. The average molecular weight is 195 g/mol. The maximum absolute atomic E-state index is 11.0. The zero-order valence-electron chi connectivity index (χ0n) is 7.75. The van der Waals surface area contributed by atoms with Gasteiger partial charge in [-0.1, -0.05) is 19.3 Å². The Morgan fingerprint density at radius 1 is 1.69 bits per heavy atom. The molecule has 1 heterocycles. The van der Waals surface area contributed by atoms with Crippen molar-refractivity contribution >= 4 is 17.1 Å². The van der Waals surface area contributed by atoms with Gasteiger partial charge in [0.2, 0.25) is 0 Å². The highest BCUT2D eigenvalue weighted by Gasteiger charge is 2.19. The molecule has 0 amide bonds. The van der Waals surface area contributed by atoms with E-state index in [2.05, 4.69) is 4.98 Å². The molecule has 0 saturated heterocycles. The van der Waals surface area contributed by atoms with Crippen LogP contribution >= 0.6 is 11.3 Å². The fourth-order valence-corrected chi connectivity index (χ4v) is 2.46. The van der Waals surface area contributed by atoms with Crippen LogP contribution in [0.3, 0.4) is 0 Å². The Kier molecular flexibility index (Phi) is 2.44. The number of aromatic nitrogens is 1. The molecule has 1 saturated carbocycles. The molecule has 1 aromatic rings. The van der Waals surface area contributed by atoms with Gasteiger partial charge < -0.3 is 0 Å². The van der Waals surface area contributed by atoms with Crippen LogP contribution in [0.2, 0.25) is 0 Å². The van der Waals surface area contributed by atoms with Crippen LogP contribution in [0.15, 0.2) is 5.38 Å². The van der Waals surface area contributed by atoms with Gasteiger partial charge in [-0.25, -0.2) is 4.98 Å². The Hall–Kier alpha value is -0.700. The van der Waals surface area contributed by atoms with E-state index in [4.69, 9.17) is 0 Å². The summed E-state index contributed by atoms with van der Waals surface area (Å²) < 4.78 is 0. The quantitative estimate of drug-likeness (QED) is 0.694. The van der Waals surface area contributed by atoms with E-state index in [-0.39, 0.29) is 5.78 Å². The Bertz CT molecular complexity index is 314. The molecule has 2 nitrogen and oxygen atoms in total. The zero-order valence-corrected chi connectivity index (χ0v) is 8.56. The number of carbonyl (C=O) groups excluding carboxylic acids is 1. The normalized spacial score (nSPS) is 17.0. The number of Topliss-reactive ketones (excluding diaryl/α,β-unsaturated/α-hetero) is 1. The molecule has 3 heteroatoms. The highest BCUT2D eigenvalue weighted by molar-refractivity contribution is 7.09. The lowest BCUT2D eigenvalue weighted by molar-refractivity contribution is 0.101. The summed E-state index contributed by atoms with van der Waals surface area (Å²) in [6, 6.07) is 0. The molecule has 0 aliphatic heterocycles. The van der Waals surface area contributed by atoms with Crippen molar-refractivity contribution in [2.45, 2.75) is 32.6 Å². The van der Waals surface area contributed by atoms with Crippen LogP contribution in [0.1, 0.15) is 41.7 Å². The minimum atomic E-state index is 0.0797. The van der Waals surface area contributed by atoms with Gasteiger partial charge >= 0.3 is 0 Å². The fourth-order valence-electron chi connectivity index (χ4n) is 1.51. The first-order chi connectivity index (χ1) is 6.25. The number of carbonyl (C=O) groups is 1. The molecule has 13 heavy (non-hydrogen) atoms. The highest BCUT2D eigenvalue weighted by Crippen LogP contribution is 2.30. The smallest absolute Gasteiger partial charge is 0.178 e. The maximum Gasteiger partial charge on any atom is 0.178 e. The van der Waals surface area contributed by atoms with E-state index in [0.717, 1.165) is 17.3 Å². The standard InChI is InChI=1S/C10H13NOS/c1-7(12)9-6-13-10(11-9)5-8-3-2-4-8/h6,8H,2-5H2,1H3. The van der Waals surface area contributed by atoms with Crippen molar-refractivity contribution in [3.63, 3.8) is 0 Å². The predicted molar refractivity (Wildman–Crippen MR) is 53.2 cm³/mol. The number of nitrogens with zero attached hydrogens (tertiary/aromatic N) is 1. The summed E-state index contributed by atoms with van der Waals surface area (Å²) in [5.41, 5.74) is 0.638. The van der Waals surface area contributed by atoms with Gasteiger partial charge in [0.1, 0.15) is 5.69 Å². The van der Waals surface area contributed by atoms with E-state index in [9.17, 15) is 4.79 Å². The maximum atomic E-state index is 11.0. The Morgan fingerprint density at radius 2 is 2.46 bits per heavy atom. The molecule has 70 valence electrons. The summed E-state index contributed by atoms with van der Waals surface area (Å²) in [5.74, 6) is 0.919. The number of rotatable bonds is 3. The summed E-state index contributed by atoms with van der Waals surface area (Å²) in [6.45, 7) is 1.57. The van der Waals surface area contributed by atoms with Crippen molar-refractivity contribution in [1.29, 1.82) is 0 Å². The lowest BCUT2D eigenvalue weighted by Crippen LogP contribution is -2.13. The monoisotopic (exact) mass is 195 g/mol. The summed E-state index contributed by atoms with van der Waals surface area (Å²) in [6.07, 6.45) is 5.14. The SMILES string of the molecule is CC(=O)c1csc(CC2CCC2)n1. The van der Waals surface area contributed by atoms with E-state index in [1.807, 2.05) is 5.38 Å². The van der Waals surface area contributed by atoms with Crippen LogP contribution in [-0.2, 0) is 6.42 Å². The molecule has 0 atom stereocenters. The zero-order chi connectivity index (χ0) is 9.26. The molecule has 1 aliphatic carbocycles. The average Bonchev–Trinajstić information content (AvgIpc) is 2.44. The van der Waals surface area contributed by atoms with E-state index in [1.54, 1.807) is 18.3 Å². The van der Waals surface area contributed by atoms with Crippen molar-refractivity contribution in [2.75, 3.05) is 0 Å². The Morgan fingerprint density at radius 3 is 2.92 bits per heavy atom. The number of hydrogen-bond acceptors (Lipinski definition) is 3. The van der Waals surface area contributed by atoms with Crippen LogP contribution in [0.4, 0.5) is 0 Å². The van der Waals surface area contributed by atoms with E-state index in [0.29, 0.717) is 5.69 Å². The molecular formula is C10H13NOS. The van der Waals surface area contributed by atoms with Crippen molar-refractivity contribution < 1.29 is 4.79 Å². The third-order valence-corrected chi connectivity index (χ3v) is 3.47. The molecular weight excluding hydrogens is 182 g/mol. The Balaban J connectivity index is 2.00. The van der Waals surface area contributed by atoms with Crippen LogP contribution in [0.25, 0.3) is 0 Å². The molecule has 2 rings (SSSR count). The molecule has 0 N–H and O–H groups in total. The van der Waals surface area contributed by atoms with Gasteiger partial charge in [-0.15, -0.1) is 11.3 Å². The first-order valence-corrected chi connectivity index (χ1v) is 5.59. The van der Waals surface area contributed by atoms with Gasteiger partial charge in [-0.3, -0.25) is 4.79 Å². The van der Waals surface area contributed by atoms with Crippen molar-refractivity contribution in [1.82, 2.24) is 4.98 Å². The fraction of sp³-hybridized carbons (Fsp3) is 0.600.